The summed E-state index contributed by atoms with van der Waals surface area (Å²) in [5.41, 5.74) is 2.33. The molecule has 2 aliphatic carbocycles. The van der Waals surface area contributed by atoms with E-state index >= 15 is 0 Å². The summed E-state index contributed by atoms with van der Waals surface area (Å²) >= 11 is 0. The van der Waals surface area contributed by atoms with Crippen LogP contribution in [0, 0.1) is 18.7 Å². The highest BCUT2D eigenvalue weighted by Crippen LogP contribution is 2.37. The van der Waals surface area contributed by atoms with Gasteiger partial charge in [-0.2, -0.15) is 0 Å². The Morgan fingerprint density at radius 3 is 2.76 bits per heavy atom. The summed E-state index contributed by atoms with van der Waals surface area (Å²) < 4.78 is 34.9. The number of aliphatic hydroxyl groups excluding tert-OH is 1. The fourth-order valence-electron chi connectivity index (χ4n) is 4.72. The molecular weight excluding hydrogens is 484 g/mol. The molecule has 3 aromatic rings. The van der Waals surface area contributed by atoms with Crippen LogP contribution in [0.4, 0.5) is 8.78 Å². The Kier molecular flexibility index (Phi) is 6.80. The molecule has 3 unspecified atom stereocenters. The van der Waals surface area contributed by atoms with Gasteiger partial charge in [-0.05, 0) is 57.2 Å². The third-order valence-electron chi connectivity index (χ3n) is 6.89. The third kappa shape index (κ3) is 5.27. The molecule has 11 heteroatoms. The molecule has 2 aromatic heterocycles. The molecule has 37 heavy (non-hydrogen) atoms. The van der Waals surface area contributed by atoms with Gasteiger partial charge in [0.05, 0.1) is 23.7 Å². The lowest BCUT2D eigenvalue weighted by molar-refractivity contribution is -0.129. The van der Waals surface area contributed by atoms with Crippen molar-refractivity contribution in [3.63, 3.8) is 0 Å². The number of ether oxygens (including phenoxy) is 1. The number of amides is 2. The first-order valence-electron chi connectivity index (χ1n) is 12.4. The summed E-state index contributed by atoms with van der Waals surface area (Å²) in [5, 5.41) is 14.7. The zero-order chi connectivity index (χ0) is 26.3. The van der Waals surface area contributed by atoms with Crippen LogP contribution in [-0.2, 0) is 4.79 Å². The van der Waals surface area contributed by atoms with Crippen molar-refractivity contribution in [3.05, 3.63) is 41.6 Å². The quantitative estimate of drug-likeness (QED) is 0.367. The number of nitrogens with one attached hydrogen (secondary N) is 3. The Morgan fingerprint density at radius 1 is 1.24 bits per heavy atom. The van der Waals surface area contributed by atoms with E-state index in [1.807, 2.05) is 0 Å². The zero-order valence-corrected chi connectivity index (χ0v) is 20.6. The first-order valence-corrected chi connectivity index (χ1v) is 12.4. The number of hydrogen-bond acceptors (Lipinski definition) is 6. The van der Waals surface area contributed by atoms with Gasteiger partial charge in [-0.15, -0.1) is 0 Å². The van der Waals surface area contributed by atoms with Gasteiger partial charge < -0.3 is 25.5 Å². The molecule has 2 saturated carbocycles. The van der Waals surface area contributed by atoms with E-state index in [0.717, 1.165) is 12.8 Å². The van der Waals surface area contributed by atoms with Crippen molar-refractivity contribution in [1.29, 1.82) is 0 Å². The molecule has 2 fully saturated rings. The summed E-state index contributed by atoms with van der Waals surface area (Å²) in [6.45, 7) is 3.57. The summed E-state index contributed by atoms with van der Waals surface area (Å²) in [7, 11) is 0. The standard InChI is InChI=1S/C26H29F2N5O4/c1-12-21(26(36)33-19-9-16(8-18(19)28)32-25(35)13(2)34)23-24(31-12)22(29-11-30-23)17-7-15(27)5-6-20(17)37-10-14-3-4-14/h5-7,11,13-14,16,18-19,31,34H,3-4,8-10H2,1-2H3,(H,32,35)(H,33,36)/t13-,16?,18?,19?/m0/s1. The predicted molar refractivity (Wildman–Crippen MR) is 131 cm³/mol. The molecule has 2 aliphatic rings. The van der Waals surface area contributed by atoms with Gasteiger partial charge in [-0.1, -0.05) is 0 Å². The van der Waals surface area contributed by atoms with Crippen molar-refractivity contribution in [2.75, 3.05) is 6.61 Å². The van der Waals surface area contributed by atoms with Gasteiger partial charge in [-0.25, -0.2) is 18.7 Å². The van der Waals surface area contributed by atoms with Crippen LogP contribution in [0.5, 0.6) is 5.75 Å². The molecule has 0 spiro atoms. The number of rotatable bonds is 8. The molecule has 5 rings (SSSR count). The average molecular weight is 514 g/mol. The number of carbonyl (C=O) groups is 2. The fraction of sp³-hybridized carbons (Fsp3) is 0.462. The smallest absolute Gasteiger partial charge is 0.255 e. The van der Waals surface area contributed by atoms with Crippen LogP contribution < -0.4 is 15.4 Å². The number of H-pyrrole nitrogens is 1. The Balaban J connectivity index is 1.40. The monoisotopic (exact) mass is 513 g/mol. The second-order valence-corrected chi connectivity index (χ2v) is 9.91. The van der Waals surface area contributed by atoms with Gasteiger partial charge >= 0.3 is 0 Å². The van der Waals surface area contributed by atoms with E-state index in [2.05, 4.69) is 25.6 Å². The maximum atomic E-state index is 14.7. The number of fused-ring (bicyclic) bond motifs is 1. The number of alkyl halides is 1. The van der Waals surface area contributed by atoms with Gasteiger partial charge in [0.15, 0.2) is 0 Å². The molecule has 1 aromatic carbocycles. The number of aryl methyl sites for hydroxylation is 1. The van der Waals surface area contributed by atoms with E-state index < -0.39 is 42.0 Å². The van der Waals surface area contributed by atoms with E-state index in [4.69, 9.17) is 4.74 Å². The van der Waals surface area contributed by atoms with Crippen molar-refractivity contribution in [3.8, 4) is 17.0 Å². The molecule has 2 heterocycles. The number of benzene rings is 1. The molecule has 0 radical (unpaired) electrons. The summed E-state index contributed by atoms with van der Waals surface area (Å²) in [6.07, 6.45) is 1.18. The van der Waals surface area contributed by atoms with E-state index in [-0.39, 0.29) is 18.4 Å². The molecule has 0 saturated heterocycles. The number of aromatic amines is 1. The molecule has 0 aliphatic heterocycles. The maximum absolute atomic E-state index is 14.7. The van der Waals surface area contributed by atoms with Crippen molar-refractivity contribution >= 4 is 22.8 Å². The Hall–Kier alpha value is -3.60. The first kappa shape index (κ1) is 25.1. The number of aliphatic hydroxyl groups is 1. The number of nitrogens with zero attached hydrogens (tertiary/aromatic N) is 2. The minimum atomic E-state index is -1.36. The van der Waals surface area contributed by atoms with Crippen molar-refractivity contribution in [2.45, 2.75) is 63.9 Å². The molecule has 2 amide bonds. The second-order valence-electron chi connectivity index (χ2n) is 9.91. The Labute approximate surface area is 212 Å². The van der Waals surface area contributed by atoms with Crippen molar-refractivity contribution < 1.29 is 28.2 Å². The van der Waals surface area contributed by atoms with Gasteiger partial charge in [0.1, 0.15) is 41.4 Å². The summed E-state index contributed by atoms with van der Waals surface area (Å²) in [4.78, 5) is 36.8. The predicted octanol–water partition coefficient (Wildman–Crippen LogP) is 2.96. The highest BCUT2D eigenvalue weighted by molar-refractivity contribution is 6.09. The normalized spacial score (nSPS) is 22.1. The largest absolute Gasteiger partial charge is 0.493 e. The van der Waals surface area contributed by atoms with E-state index in [1.165, 1.54) is 25.4 Å². The minimum Gasteiger partial charge on any atom is -0.493 e. The molecule has 9 nitrogen and oxygen atoms in total. The van der Waals surface area contributed by atoms with Gasteiger partial charge in [-0.3, -0.25) is 9.59 Å². The second kappa shape index (κ2) is 10.0. The van der Waals surface area contributed by atoms with Crippen LogP contribution in [0.15, 0.2) is 24.5 Å². The molecular formula is C26H29F2N5O4. The third-order valence-corrected chi connectivity index (χ3v) is 6.89. The van der Waals surface area contributed by atoms with Crippen LogP contribution >= 0.6 is 0 Å². The van der Waals surface area contributed by atoms with E-state index in [9.17, 15) is 23.5 Å². The van der Waals surface area contributed by atoms with Crippen LogP contribution in [0.2, 0.25) is 0 Å². The Morgan fingerprint density at radius 2 is 2.03 bits per heavy atom. The highest BCUT2D eigenvalue weighted by atomic mass is 19.1. The summed E-state index contributed by atoms with van der Waals surface area (Å²) in [5.74, 6) is -0.565. The Bertz CT molecular complexity index is 1340. The minimum absolute atomic E-state index is 0.0335. The van der Waals surface area contributed by atoms with Gasteiger partial charge in [0.2, 0.25) is 5.91 Å². The van der Waals surface area contributed by atoms with Crippen LogP contribution in [0.3, 0.4) is 0 Å². The topological polar surface area (TPSA) is 129 Å². The number of carbonyl (C=O) groups excluding carboxylic acids is 2. The van der Waals surface area contributed by atoms with Crippen LogP contribution in [-0.4, -0.2) is 62.8 Å². The van der Waals surface area contributed by atoms with Crippen LogP contribution in [0.25, 0.3) is 22.3 Å². The highest BCUT2D eigenvalue weighted by Gasteiger charge is 2.37. The number of hydrogen-bond donors (Lipinski definition) is 4. The van der Waals surface area contributed by atoms with Crippen LogP contribution in [0.1, 0.15) is 48.7 Å². The van der Waals surface area contributed by atoms with E-state index in [0.29, 0.717) is 46.3 Å². The summed E-state index contributed by atoms with van der Waals surface area (Å²) in [6, 6.07) is 2.92. The number of halogens is 2. The zero-order valence-electron chi connectivity index (χ0n) is 20.6. The lowest BCUT2D eigenvalue weighted by Crippen LogP contribution is -2.41. The molecule has 4 atom stereocenters. The molecule has 4 N–H and O–H groups in total. The van der Waals surface area contributed by atoms with Crippen molar-refractivity contribution in [2.24, 2.45) is 5.92 Å². The lowest BCUT2D eigenvalue weighted by atomic mass is 10.1. The van der Waals surface area contributed by atoms with Gasteiger partial charge in [0.25, 0.3) is 5.91 Å². The fourth-order valence-corrected chi connectivity index (χ4v) is 4.72. The van der Waals surface area contributed by atoms with Gasteiger partial charge in [0, 0.05) is 23.7 Å². The average Bonchev–Trinajstić information content (AvgIpc) is 3.53. The lowest BCUT2D eigenvalue weighted by Gasteiger charge is -2.16. The van der Waals surface area contributed by atoms with E-state index in [1.54, 1.807) is 13.0 Å². The maximum Gasteiger partial charge on any atom is 0.255 e. The molecule has 0 bridgehead atoms. The molecule has 196 valence electrons. The van der Waals surface area contributed by atoms with Crippen molar-refractivity contribution in [1.82, 2.24) is 25.6 Å². The first-order chi connectivity index (χ1) is 17.7. The number of aromatic nitrogens is 3. The SMILES string of the molecule is Cc1[nH]c2c(-c3cc(F)ccc3OCC3CC3)ncnc2c1C(=O)NC1CC(NC(=O)[C@H](C)O)CC1F.